The third-order valence-corrected chi connectivity index (χ3v) is 9.67. The summed E-state index contributed by atoms with van der Waals surface area (Å²) < 4.78 is 5.20. The van der Waals surface area contributed by atoms with Gasteiger partial charge in [-0.2, -0.15) is 0 Å². The molecule has 0 radical (unpaired) electrons. The predicted octanol–water partition coefficient (Wildman–Crippen LogP) is 4.91. The summed E-state index contributed by atoms with van der Waals surface area (Å²) in [5, 5.41) is 9.31. The van der Waals surface area contributed by atoms with Crippen LogP contribution in [0.1, 0.15) is 70.8 Å². The number of carbonyl (C=O) groups excluding carboxylic acids is 2. The fraction of sp³-hybridized carbons (Fsp3) is 0.531. The third-order valence-electron chi connectivity index (χ3n) is 8.81. The maximum atomic E-state index is 13.8. The number of nitrogens with zero attached hydrogens (tertiary/aromatic N) is 3. The molecule has 1 aromatic carbocycles. The summed E-state index contributed by atoms with van der Waals surface area (Å²) in [4.78, 5) is 32.9. The van der Waals surface area contributed by atoms with Gasteiger partial charge < -0.3 is 20.5 Å². The van der Waals surface area contributed by atoms with Gasteiger partial charge >= 0.3 is 0 Å². The summed E-state index contributed by atoms with van der Waals surface area (Å²) in [6.07, 6.45) is 5.77. The number of hydrogen-bond acceptors (Lipinski definition) is 7. The molecule has 41 heavy (non-hydrogen) atoms. The first-order valence-electron chi connectivity index (χ1n) is 14.9. The quantitative estimate of drug-likeness (QED) is 0.355. The maximum Gasteiger partial charge on any atom is 0.276 e. The molecule has 3 N–H and O–H groups in total. The molecule has 2 fully saturated rings. The van der Waals surface area contributed by atoms with E-state index in [-0.39, 0.29) is 23.6 Å². The molecule has 2 aromatic heterocycles. The Balaban J connectivity index is 1.33. The fourth-order valence-electron chi connectivity index (χ4n) is 6.26. The molecule has 3 heterocycles. The molecule has 1 unspecified atom stereocenters. The Bertz CT molecular complexity index is 1270. The largest absolute Gasteiger partial charge is 0.361 e. The molecule has 9 heteroatoms. The van der Waals surface area contributed by atoms with Gasteiger partial charge in [0.1, 0.15) is 11.8 Å². The maximum absolute atomic E-state index is 13.8. The van der Waals surface area contributed by atoms with E-state index in [9.17, 15) is 9.59 Å². The van der Waals surface area contributed by atoms with Crippen LogP contribution in [0.2, 0.25) is 0 Å². The number of hydrogen-bond donors (Lipinski definition) is 2. The van der Waals surface area contributed by atoms with Crippen LogP contribution in [0.3, 0.4) is 0 Å². The van der Waals surface area contributed by atoms with Crippen LogP contribution in [0.5, 0.6) is 0 Å². The second kappa shape index (κ2) is 13.8. The van der Waals surface area contributed by atoms with Crippen LogP contribution in [0, 0.1) is 25.7 Å². The van der Waals surface area contributed by atoms with E-state index in [1.807, 2.05) is 0 Å². The lowest BCUT2D eigenvalue weighted by molar-refractivity contribution is -0.128. The van der Waals surface area contributed by atoms with Crippen molar-refractivity contribution in [3.05, 3.63) is 75.3 Å². The van der Waals surface area contributed by atoms with Gasteiger partial charge in [-0.05, 0) is 87.8 Å². The van der Waals surface area contributed by atoms with Crippen LogP contribution in [-0.2, 0) is 17.9 Å². The molecule has 1 saturated carbocycles. The zero-order valence-corrected chi connectivity index (χ0v) is 25.1. The first kappa shape index (κ1) is 29.5. The lowest BCUT2D eigenvalue weighted by Crippen LogP contribution is -2.57. The SMILES string of the molecule is Cc1ccc(CN(Cc2cccs2)C2CCN(C(=O)c3cc(C)on3)[C@@H](C(=O)NCC3CCC(CN)CC3)C2)cc1. The van der Waals surface area contributed by atoms with Gasteiger partial charge in [0.15, 0.2) is 5.69 Å². The van der Waals surface area contributed by atoms with Gasteiger partial charge in [0.05, 0.1) is 0 Å². The van der Waals surface area contributed by atoms with E-state index in [1.54, 1.807) is 29.2 Å². The summed E-state index contributed by atoms with van der Waals surface area (Å²) in [5.74, 6) is 1.32. The minimum absolute atomic E-state index is 0.0735. The highest BCUT2D eigenvalue weighted by atomic mass is 32.1. The van der Waals surface area contributed by atoms with Crippen LogP contribution in [-0.4, -0.2) is 58.5 Å². The highest BCUT2D eigenvalue weighted by Gasteiger charge is 2.39. The summed E-state index contributed by atoms with van der Waals surface area (Å²) in [6, 6.07) is 14.2. The van der Waals surface area contributed by atoms with E-state index in [4.69, 9.17) is 10.3 Å². The molecule has 0 bridgehead atoms. The topological polar surface area (TPSA) is 105 Å². The second-order valence-electron chi connectivity index (χ2n) is 11.9. The minimum Gasteiger partial charge on any atom is -0.361 e. The lowest BCUT2D eigenvalue weighted by atomic mass is 9.82. The van der Waals surface area contributed by atoms with Crippen molar-refractivity contribution in [3.8, 4) is 0 Å². The van der Waals surface area contributed by atoms with Crippen LogP contribution in [0.15, 0.2) is 52.4 Å². The van der Waals surface area contributed by atoms with E-state index in [2.05, 4.69) is 64.1 Å². The van der Waals surface area contributed by atoms with Gasteiger partial charge in [-0.1, -0.05) is 41.1 Å². The molecule has 1 saturated heterocycles. The van der Waals surface area contributed by atoms with E-state index in [0.717, 1.165) is 51.7 Å². The average molecular weight is 578 g/mol. The smallest absolute Gasteiger partial charge is 0.276 e. The standard InChI is InChI=1S/C32H43N5O3S/c1-22-5-7-26(8-6-22)20-36(21-28-4-3-15-41-28)27-13-14-37(32(39)29-16-23(2)40-35-29)30(17-27)31(38)34-19-25-11-9-24(18-33)10-12-25/h3-8,15-16,24-25,27,30H,9-14,17-21,33H2,1-2H3,(H,34,38)/t24?,25?,27?,30-/m1/s1. The number of aryl methyl sites for hydroxylation is 2. The first-order valence-corrected chi connectivity index (χ1v) is 15.8. The van der Waals surface area contributed by atoms with Crippen molar-refractivity contribution in [2.75, 3.05) is 19.6 Å². The third kappa shape index (κ3) is 7.64. The summed E-state index contributed by atoms with van der Waals surface area (Å²) >= 11 is 1.75. The molecular formula is C32H43N5O3S. The summed E-state index contributed by atoms with van der Waals surface area (Å²) in [6.45, 7) is 7.35. The molecule has 0 spiro atoms. The number of rotatable bonds is 10. The number of nitrogens with two attached hydrogens (primary N) is 1. The number of amides is 2. The van der Waals surface area contributed by atoms with Gasteiger partial charge in [0.25, 0.3) is 5.91 Å². The number of nitrogens with one attached hydrogen (secondary N) is 1. The normalized spacial score (nSPS) is 23.1. The molecule has 1 aliphatic carbocycles. The first-order chi connectivity index (χ1) is 19.9. The molecule has 2 aliphatic rings. The Kier molecular flexibility index (Phi) is 9.90. The number of aromatic nitrogens is 1. The zero-order valence-electron chi connectivity index (χ0n) is 24.3. The van der Waals surface area contributed by atoms with Gasteiger partial charge in [-0.3, -0.25) is 14.5 Å². The molecule has 2 amide bonds. The van der Waals surface area contributed by atoms with Crippen molar-refractivity contribution in [2.45, 2.75) is 77.5 Å². The minimum atomic E-state index is -0.567. The van der Waals surface area contributed by atoms with Crippen molar-refractivity contribution < 1.29 is 14.1 Å². The number of carbonyl (C=O) groups is 2. The molecule has 5 rings (SSSR count). The summed E-state index contributed by atoms with van der Waals surface area (Å²) in [7, 11) is 0. The van der Waals surface area contributed by atoms with E-state index < -0.39 is 6.04 Å². The molecule has 220 valence electrons. The molecular weight excluding hydrogens is 534 g/mol. The van der Waals surface area contributed by atoms with Crippen molar-refractivity contribution in [1.29, 1.82) is 0 Å². The van der Waals surface area contributed by atoms with Crippen molar-refractivity contribution in [1.82, 2.24) is 20.3 Å². The Labute approximate surface area is 247 Å². The van der Waals surface area contributed by atoms with Crippen molar-refractivity contribution in [3.63, 3.8) is 0 Å². The molecule has 8 nitrogen and oxygen atoms in total. The number of benzene rings is 1. The lowest BCUT2D eigenvalue weighted by Gasteiger charge is -2.42. The fourth-order valence-corrected chi connectivity index (χ4v) is 6.99. The Morgan fingerprint density at radius 2 is 1.83 bits per heavy atom. The number of likely N-dealkylation sites (tertiary alicyclic amines) is 1. The predicted molar refractivity (Wildman–Crippen MR) is 161 cm³/mol. The van der Waals surface area contributed by atoms with E-state index in [0.29, 0.717) is 37.1 Å². The van der Waals surface area contributed by atoms with Crippen molar-refractivity contribution in [2.24, 2.45) is 17.6 Å². The van der Waals surface area contributed by atoms with Crippen LogP contribution in [0.4, 0.5) is 0 Å². The van der Waals surface area contributed by atoms with Crippen molar-refractivity contribution >= 4 is 23.2 Å². The van der Waals surface area contributed by atoms with Crippen LogP contribution < -0.4 is 11.1 Å². The number of thiophene rings is 1. The van der Waals surface area contributed by atoms with Crippen LogP contribution >= 0.6 is 11.3 Å². The van der Waals surface area contributed by atoms with Gasteiger partial charge in [0.2, 0.25) is 5.91 Å². The van der Waals surface area contributed by atoms with E-state index in [1.165, 1.54) is 16.0 Å². The van der Waals surface area contributed by atoms with Gasteiger partial charge in [0, 0.05) is 43.2 Å². The summed E-state index contributed by atoms with van der Waals surface area (Å²) in [5.41, 5.74) is 8.62. The highest BCUT2D eigenvalue weighted by Crippen LogP contribution is 2.30. The van der Waals surface area contributed by atoms with Gasteiger partial charge in [-0.15, -0.1) is 11.3 Å². The number of piperidine rings is 1. The van der Waals surface area contributed by atoms with Gasteiger partial charge in [-0.25, -0.2) is 0 Å². The molecule has 2 atom stereocenters. The van der Waals surface area contributed by atoms with E-state index >= 15 is 0 Å². The Hall–Kier alpha value is -3.01. The molecule has 3 aromatic rings. The average Bonchev–Trinajstić information content (AvgIpc) is 3.68. The molecule has 1 aliphatic heterocycles. The second-order valence-corrected chi connectivity index (χ2v) is 12.9. The zero-order chi connectivity index (χ0) is 28.8. The van der Waals surface area contributed by atoms with Crippen LogP contribution in [0.25, 0.3) is 0 Å². The highest BCUT2D eigenvalue weighted by molar-refractivity contribution is 7.09. The monoisotopic (exact) mass is 577 g/mol. The Morgan fingerprint density at radius 1 is 1.07 bits per heavy atom. The Morgan fingerprint density at radius 3 is 2.49 bits per heavy atom.